The Labute approximate surface area is 180 Å². The Bertz CT molecular complexity index is 678. The van der Waals surface area contributed by atoms with Gasteiger partial charge in [-0.1, -0.05) is 19.4 Å². The lowest BCUT2D eigenvalue weighted by Gasteiger charge is -2.38. The first kappa shape index (κ1) is 22.8. The fourth-order valence-electron chi connectivity index (χ4n) is 4.56. The van der Waals surface area contributed by atoms with Crippen molar-refractivity contribution in [2.75, 3.05) is 59.6 Å². The van der Waals surface area contributed by atoms with Gasteiger partial charge in [0.25, 0.3) is 0 Å². The molecule has 0 saturated carbocycles. The van der Waals surface area contributed by atoms with Crippen molar-refractivity contribution in [1.82, 2.24) is 15.1 Å². The molecule has 2 fully saturated rings. The quantitative estimate of drug-likeness (QED) is 0.639. The molecule has 2 aliphatic heterocycles. The number of phenolic OH excluding ortho intramolecular Hbond substituents is 1. The summed E-state index contributed by atoms with van der Waals surface area (Å²) in [5, 5.41) is 13.4. The summed E-state index contributed by atoms with van der Waals surface area (Å²) >= 11 is 0. The zero-order chi connectivity index (χ0) is 21.3. The van der Waals surface area contributed by atoms with Crippen molar-refractivity contribution in [1.29, 1.82) is 0 Å². The van der Waals surface area contributed by atoms with E-state index in [-0.39, 0.29) is 11.7 Å². The van der Waals surface area contributed by atoms with E-state index in [1.807, 2.05) is 12.1 Å². The van der Waals surface area contributed by atoms with Gasteiger partial charge in [0.05, 0.1) is 20.3 Å². The third-order valence-corrected chi connectivity index (χ3v) is 6.49. The highest BCUT2D eigenvalue weighted by atomic mass is 16.5. The first-order valence-corrected chi connectivity index (χ1v) is 11.2. The number of methoxy groups -OCH3 is 1. The number of carbonyl (C=O) groups excluding carboxylic acids is 1. The predicted molar refractivity (Wildman–Crippen MR) is 117 cm³/mol. The van der Waals surface area contributed by atoms with E-state index in [9.17, 15) is 9.90 Å². The third-order valence-electron chi connectivity index (χ3n) is 6.49. The van der Waals surface area contributed by atoms with Gasteiger partial charge in [0.1, 0.15) is 11.5 Å². The molecule has 0 aliphatic carbocycles. The summed E-state index contributed by atoms with van der Waals surface area (Å²) in [6.07, 6.45) is 2.70. The average Bonchev–Trinajstić information content (AvgIpc) is 2.76. The average molecular weight is 420 g/mol. The standard InChI is InChI=1S/C23H37N3O4/c1-3-18-16-26(17-20-4-5-21(29-2)15-22(20)27)8-6-19(18)14-23(28)24-7-9-25-10-12-30-13-11-25/h4-5,15,18-19,27H,3,6-14,16-17H2,1-2H3,(H,24,28)/t18-,19+/m1/s1. The van der Waals surface area contributed by atoms with E-state index in [4.69, 9.17) is 9.47 Å². The molecule has 1 aromatic carbocycles. The molecule has 30 heavy (non-hydrogen) atoms. The highest BCUT2D eigenvalue weighted by Gasteiger charge is 2.30. The van der Waals surface area contributed by atoms with Crippen LogP contribution in [-0.2, 0) is 16.1 Å². The number of amides is 1. The predicted octanol–water partition coefficient (Wildman–Crippen LogP) is 2.09. The van der Waals surface area contributed by atoms with Gasteiger partial charge < -0.3 is 19.9 Å². The number of hydrogen-bond donors (Lipinski definition) is 2. The molecule has 0 spiro atoms. The van der Waals surface area contributed by atoms with E-state index in [1.165, 1.54) is 0 Å². The Kier molecular flexibility index (Phi) is 8.78. The number of piperidine rings is 1. The molecule has 7 heteroatoms. The van der Waals surface area contributed by atoms with Crippen LogP contribution in [0.1, 0.15) is 31.7 Å². The van der Waals surface area contributed by atoms with E-state index in [0.29, 0.717) is 30.6 Å². The summed E-state index contributed by atoms with van der Waals surface area (Å²) in [7, 11) is 1.60. The molecule has 1 amide bonds. The monoisotopic (exact) mass is 419 g/mol. The molecular formula is C23H37N3O4. The molecule has 2 aliphatic rings. The second-order valence-electron chi connectivity index (χ2n) is 8.45. The largest absolute Gasteiger partial charge is 0.507 e. The maximum atomic E-state index is 12.5. The van der Waals surface area contributed by atoms with Crippen molar-refractivity contribution < 1.29 is 19.4 Å². The van der Waals surface area contributed by atoms with Crippen molar-refractivity contribution in [2.24, 2.45) is 11.8 Å². The second-order valence-corrected chi connectivity index (χ2v) is 8.45. The number of phenols is 1. The summed E-state index contributed by atoms with van der Waals surface area (Å²) in [6, 6.07) is 5.49. The van der Waals surface area contributed by atoms with E-state index in [0.717, 1.165) is 70.9 Å². The molecule has 2 N–H and O–H groups in total. The summed E-state index contributed by atoms with van der Waals surface area (Å²) in [5.74, 6) is 2.06. The number of rotatable bonds is 9. The number of aromatic hydroxyl groups is 1. The van der Waals surface area contributed by atoms with Crippen LogP contribution in [0.3, 0.4) is 0 Å². The Morgan fingerprint density at radius 1 is 1.23 bits per heavy atom. The first-order chi connectivity index (χ1) is 14.6. The summed E-state index contributed by atoms with van der Waals surface area (Å²) in [6.45, 7) is 9.96. The van der Waals surface area contributed by atoms with E-state index in [2.05, 4.69) is 22.0 Å². The van der Waals surface area contributed by atoms with Gasteiger partial charge in [0.2, 0.25) is 5.91 Å². The fourth-order valence-corrected chi connectivity index (χ4v) is 4.56. The highest BCUT2D eigenvalue weighted by Crippen LogP contribution is 2.31. The minimum absolute atomic E-state index is 0.174. The van der Waals surface area contributed by atoms with Gasteiger partial charge in [0.15, 0.2) is 0 Å². The lowest BCUT2D eigenvalue weighted by molar-refractivity contribution is -0.123. The van der Waals surface area contributed by atoms with Crippen LogP contribution in [0, 0.1) is 11.8 Å². The molecular weight excluding hydrogens is 382 g/mol. The van der Waals surface area contributed by atoms with E-state index < -0.39 is 0 Å². The fraction of sp³-hybridized carbons (Fsp3) is 0.696. The molecule has 0 bridgehead atoms. The minimum atomic E-state index is 0.174. The van der Waals surface area contributed by atoms with Crippen molar-refractivity contribution >= 4 is 5.91 Å². The SMILES string of the molecule is CC[C@@H]1CN(Cc2ccc(OC)cc2O)CC[C@H]1CC(=O)NCCN1CCOCC1. The number of nitrogens with one attached hydrogen (secondary N) is 1. The van der Waals surface area contributed by atoms with Crippen LogP contribution < -0.4 is 10.1 Å². The van der Waals surface area contributed by atoms with Crippen LogP contribution in [0.4, 0.5) is 0 Å². The number of nitrogens with zero attached hydrogens (tertiary/aromatic N) is 2. The molecule has 0 unspecified atom stereocenters. The maximum Gasteiger partial charge on any atom is 0.220 e. The number of morpholine rings is 1. The van der Waals surface area contributed by atoms with Gasteiger partial charge in [-0.2, -0.15) is 0 Å². The zero-order valence-corrected chi connectivity index (χ0v) is 18.4. The van der Waals surface area contributed by atoms with Gasteiger partial charge in [-0.05, 0) is 30.9 Å². The van der Waals surface area contributed by atoms with Crippen LogP contribution in [0.5, 0.6) is 11.5 Å². The second kappa shape index (κ2) is 11.5. The molecule has 2 saturated heterocycles. The molecule has 3 rings (SSSR count). The summed E-state index contributed by atoms with van der Waals surface area (Å²) < 4.78 is 10.5. The number of hydrogen-bond acceptors (Lipinski definition) is 6. The maximum absolute atomic E-state index is 12.5. The van der Waals surface area contributed by atoms with Gasteiger partial charge in [-0.15, -0.1) is 0 Å². The van der Waals surface area contributed by atoms with Crippen molar-refractivity contribution in [3.05, 3.63) is 23.8 Å². The van der Waals surface area contributed by atoms with Crippen molar-refractivity contribution in [3.63, 3.8) is 0 Å². The molecule has 1 aromatic rings. The number of benzene rings is 1. The molecule has 7 nitrogen and oxygen atoms in total. The zero-order valence-electron chi connectivity index (χ0n) is 18.4. The molecule has 0 radical (unpaired) electrons. The lowest BCUT2D eigenvalue weighted by Crippen LogP contribution is -2.43. The third kappa shape index (κ3) is 6.59. The molecule has 168 valence electrons. The highest BCUT2D eigenvalue weighted by molar-refractivity contribution is 5.76. The number of ether oxygens (including phenoxy) is 2. The van der Waals surface area contributed by atoms with Gasteiger partial charge >= 0.3 is 0 Å². The van der Waals surface area contributed by atoms with E-state index >= 15 is 0 Å². The molecule has 2 atom stereocenters. The van der Waals surface area contributed by atoms with Crippen LogP contribution in [0.2, 0.25) is 0 Å². The summed E-state index contributed by atoms with van der Waals surface area (Å²) in [4.78, 5) is 17.2. The molecule has 0 aromatic heterocycles. The number of carbonyl (C=O) groups is 1. The van der Waals surface area contributed by atoms with Crippen molar-refractivity contribution in [2.45, 2.75) is 32.7 Å². The smallest absolute Gasteiger partial charge is 0.220 e. The van der Waals surface area contributed by atoms with Crippen LogP contribution in [-0.4, -0.2) is 80.4 Å². The van der Waals surface area contributed by atoms with Gasteiger partial charge in [-0.3, -0.25) is 14.6 Å². The Hall–Kier alpha value is -1.83. The topological polar surface area (TPSA) is 74.3 Å². The van der Waals surface area contributed by atoms with Gasteiger partial charge in [-0.25, -0.2) is 0 Å². The Morgan fingerprint density at radius 2 is 2.03 bits per heavy atom. The minimum Gasteiger partial charge on any atom is -0.507 e. The Morgan fingerprint density at radius 3 is 2.73 bits per heavy atom. The van der Waals surface area contributed by atoms with E-state index in [1.54, 1.807) is 13.2 Å². The normalized spacial score (nSPS) is 23.3. The van der Waals surface area contributed by atoms with Crippen LogP contribution in [0.25, 0.3) is 0 Å². The van der Waals surface area contributed by atoms with Crippen molar-refractivity contribution in [3.8, 4) is 11.5 Å². The Balaban J connectivity index is 1.42. The lowest BCUT2D eigenvalue weighted by atomic mass is 9.81. The van der Waals surface area contributed by atoms with Crippen LogP contribution in [0.15, 0.2) is 18.2 Å². The summed E-state index contributed by atoms with van der Waals surface area (Å²) in [5.41, 5.74) is 0.921. The molecule has 2 heterocycles. The first-order valence-electron chi connectivity index (χ1n) is 11.2. The van der Waals surface area contributed by atoms with Gasteiger partial charge in [0, 0.05) is 57.3 Å². The van der Waals surface area contributed by atoms with Crippen LogP contribution >= 0.6 is 0 Å². The number of likely N-dealkylation sites (tertiary alicyclic amines) is 1.